The molecule has 1 aliphatic heterocycles. The molecule has 1 aliphatic rings. The van der Waals surface area contributed by atoms with Gasteiger partial charge in [-0.15, -0.1) is 0 Å². The van der Waals surface area contributed by atoms with Crippen molar-refractivity contribution in [3.05, 3.63) is 35.6 Å². The highest BCUT2D eigenvalue weighted by molar-refractivity contribution is 5.30. The molecule has 94 valence electrons. The minimum Gasteiger partial charge on any atom is -0.381 e. The lowest BCUT2D eigenvalue weighted by molar-refractivity contribution is -0.209. The van der Waals surface area contributed by atoms with Gasteiger partial charge in [0.2, 0.25) is 0 Å². The van der Waals surface area contributed by atoms with Crippen LogP contribution in [0.5, 0.6) is 0 Å². The molecule has 1 saturated heterocycles. The van der Waals surface area contributed by atoms with Crippen LogP contribution in [0.2, 0.25) is 0 Å². The first-order valence-corrected chi connectivity index (χ1v) is 4.94. The van der Waals surface area contributed by atoms with Crippen LogP contribution in [0.25, 0.3) is 0 Å². The Labute approximate surface area is 94.8 Å². The number of epoxide rings is 1. The van der Waals surface area contributed by atoms with E-state index in [0.29, 0.717) is 0 Å². The number of ether oxygens (including phenoxy) is 1. The predicted octanol–water partition coefficient (Wildman–Crippen LogP) is 2.36. The first-order valence-electron chi connectivity index (χ1n) is 4.94. The van der Waals surface area contributed by atoms with Gasteiger partial charge >= 0.3 is 6.18 Å². The second kappa shape index (κ2) is 3.68. The van der Waals surface area contributed by atoms with Crippen molar-refractivity contribution in [1.29, 1.82) is 0 Å². The fourth-order valence-electron chi connectivity index (χ4n) is 1.85. The molecule has 1 heterocycles. The van der Waals surface area contributed by atoms with Crippen molar-refractivity contribution in [1.82, 2.24) is 0 Å². The van der Waals surface area contributed by atoms with Crippen molar-refractivity contribution < 1.29 is 27.4 Å². The second-order valence-electron chi connectivity index (χ2n) is 4.11. The van der Waals surface area contributed by atoms with E-state index in [2.05, 4.69) is 0 Å². The summed E-state index contributed by atoms with van der Waals surface area (Å²) < 4.78 is 55.1. The van der Waals surface area contributed by atoms with Crippen molar-refractivity contribution in [2.75, 3.05) is 0 Å². The molecule has 0 aliphatic carbocycles. The minimum absolute atomic E-state index is 0.0216. The zero-order valence-corrected chi connectivity index (χ0v) is 8.83. The molecule has 3 atom stereocenters. The average molecular weight is 250 g/mol. The molecule has 1 aromatic carbocycles. The van der Waals surface area contributed by atoms with E-state index in [4.69, 9.17) is 9.84 Å². The molecular formula is C11H10F4O2. The normalized spacial score (nSPS) is 30.1. The van der Waals surface area contributed by atoms with E-state index >= 15 is 0 Å². The van der Waals surface area contributed by atoms with Gasteiger partial charge in [0, 0.05) is 5.56 Å². The van der Waals surface area contributed by atoms with Crippen LogP contribution in [0, 0.1) is 5.82 Å². The third-order valence-electron chi connectivity index (χ3n) is 2.89. The number of hydrogen-bond donors (Lipinski definition) is 1. The van der Waals surface area contributed by atoms with Crippen molar-refractivity contribution in [3.8, 4) is 0 Å². The van der Waals surface area contributed by atoms with Crippen LogP contribution in [0.15, 0.2) is 24.3 Å². The second-order valence-corrected chi connectivity index (χ2v) is 4.11. The van der Waals surface area contributed by atoms with Gasteiger partial charge in [-0.05, 0) is 13.0 Å². The number of aliphatic hydroxyl groups is 1. The van der Waals surface area contributed by atoms with E-state index in [9.17, 15) is 17.6 Å². The maximum absolute atomic E-state index is 13.4. The van der Waals surface area contributed by atoms with Crippen molar-refractivity contribution >= 4 is 0 Å². The van der Waals surface area contributed by atoms with Gasteiger partial charge < -0.3 is 9.84 Å². The standard InChI is InChI=1S/C11H10F4O2/c1-10(6-4-2-3-5-7(6)12)9(17-10)8(16)11(13,14)15/h2-5,8-9,16H,1H3/t8-,9-,10-/m0/s1. The summed E-state index contributed by atoms with van der Waals surface area (Å²) in [6, 6.07) is 5.42. The van der Waals surface area contributed by atoms with Crippen LogP contribution >= 0.6 is 0 Å². The van der Waals surface area contributed by atoms with Gasteiger partial charge in [-0.25, -0.2) is 4.39 Å². The molecule has 6 heteroatoms. The fraction of sp³-hybridized carbons (Fsp3) is 0.455. The Morgan fingerprint density at radius 3 is 2.47 bits per heavy atom. The minimum atomic E-state index is -4.77. The van der Waals surface area contributed by atoms with Crippen LogP contribution in [-0.2, 0) is 10.3 Å². The fourth-order valence-corrected chi connectivity index (χ4v) is 1.85. The quantitative estimate of drug-likeness (QED) is 0.645. The lowest BCUT2D eigenvalue weighted by Gasteiger charge is -2.14. The highest BCUT2D eigenvalue weighted by atomic mass is 19.4. The van der Waals surface area contributed by atoms with Gasteiger partial charge in [0.05, 0.1) is 0 Å². The van der Waals surface area contributed by atoms with E-state index in [0.717, 1.165) is 6.07 Å². The first kappa shape index (κ1) is 12.3. The SMILES string of the molecule is C[C@@]1(c2ccccc2F)O[C@H]1[C@H](O)C(F)(F)F. The van der Waals surface area contributed by atoms with Crippen LogP contribution < -0.4 is 0 Å². The average Bonchev–Trinajstić information content (AvgIpc) is 2.90. The summed E-state index contributed by atoms with van der Waals surface area (Å²) in [6.07, 6.45) is -8.83. The summed E-state index contributed by atoms with van der Waals surface area (Å²) in [5.41, 5.74) is -1.39. The Morgan fingerprint density at radius 2 is 1.94 bits per heavy atom. The van der Waals surface area contributed by atoms with Crippen molar-refractivity contribution in [3.63, 3.8) is 0 Å². The predicted molar refractivity (Wildman–Crippen MR) is 50.7 cm³/mol. The van der Waals surface area contributed by atoms with E-state index in [1.807, 2.05) is 0 Å². The third kappa shape index (κ3) is 2.02. The summed E-state index contributed by atoms with van der Waals surface area (Å²) >= 11 is 0. The molecule has 0 aromatic heterocycles. The summed E-state index contributed by atoms with van der Waals surface area (Å²) in [4.78, 5) is 0. The zero-order valence-electron chi connectivity index (χ0n) is 8.83. The van der Waals surface area contributed by atoms with E-state index in [-0.39, 0.29) is 5.56 Å². The highest BCUT2D eigenvalue weighted by Gasteiger charge is 2.64. The molecular weight excluding hydrogens is 240 g/mol. The van der Waals surface area contributed by atoms with E-state index in [1.165, 1.54) is 25.1 Å². The molecule has 2 nitrogen and oxygen atoms in total. The van der Waals surface area contributed by atoms with Crippen molar-refractivity contribution in [2.24, 2.45) is 0 Å². The van der Waals surface area contributed by atoms with Gasteiger partial charge in [0.15, 0.2) is 6.10 Å². The molecule has 17 heavy (non-hydrogen) atoms. The first-order chi connectivity index (χ1) is 7.77. The maximum Gasteiger partial charge on any atom is 0.417 e. The summed E-state index contributed by atoms with van der Waals surface area (Å²) in [5.74, 6) is -0.646. The number of aliphatic hydroxyl groups excluding tert-OH is 1. The summed E-state index contributed by atoms with van der Waals surface area (Å²) in [6.45, 7) is 1.32. The molecule has 0 saturated carbocycles. The molecule has 0 radical (unpaired) electrons. The Bertz CT molecular complexity index is 432. The largest absolute Gasteiger partial charge is 0.417 e. The third-order valence-corrected chi connectivity index (χ3v) is 2.89. The Morgan fingerprint density at radius 1 is 1.35 bits per heavy atom. The Balaban J connectivity index is 2.24. The molecule has 0 spiro atoms. The van der Waals surface area contributed by atoms with Gasteiger partial charge in [0.1, 0.15) is 17.5 Å². The molecule has 2 rings (SSSR count). The molecule has 1 fully saturated rings. The number of hydrogen-bond acceptors (Lipinski definition) is 2. The lowest BCUT2D eigenvalue weighted by Crippen LogP contribution is -2.36. The van der Waals surface area contributed by atoms with Crippen LogP contribution in [-0.4, -0.2) is 23.5 Å². The van der Waals surface area contributed by atoms with E-state index < -0.39 is 29.8 Å². The number of benzene rings is 1. The van der Waals surface area contributed by atoms with Gasteiger partial charge in [-0.3, -0.25) is 0 Å². The maximum atomic E-state index is 13.4. The Hall–Kier alpha value is -1.14. The zero-order chi connectivity index (χ0) is 12.8. The van der Waals surface area contributed by atoms with Gasteiger partial charge in [-0.2, -0.15) is 13.2 Å². The van der Waals surface area contributed by atoms with Crippen LogP contribution in [0.1, 0.15) is 12.5 Å². The van der Waals surface area contributed by atoms with E-state index in [1.54, 1.807) is 0 Å². The monoisotopic (exact) mass is 250 g/mol. The molecule has 1 aromatic rings. The van der Waals surface area contributed by atoms with Crippen LogP contribution in [0.3, 0.4) is 0 Å². The molecule has 0 unspecified atom stereocenters. The lowest BCUT2D eigenvalue weighted by atomic mass is 9.94. The van der Waals surface area contributed by atoms with Crippen LogP contribution in [0.4, 0.5) is 17.6 Å². The topological polar surface area (TPSA) is 32.8 Å². The molecule has 1 N–H and O–H groups in total. The summed E-state index contributed by atoms with van der Waals surface area (Å²) in [5, 5.41) is 9.04. The van der Waals surface area contributed by atoms with Gasteiger partial charge in [-0.1, -0.05) is 18.2 Å². The molecule has 0 bridgehead atoms. The smallest absolute Gasteiger partial charge is 0.381 e. The molecule has 0 amide bonds. The summed E-state index contributed by atoms with van der Waals surface area (Å²) in [7, 11) is 0. The number of rotatable bonds is 2. The Kier molecular flexibility index (Phi) is 2.67. The van der Waals surface area contributed by atoms with Crippen molar-refractivity contribution in [2.45, 2.75) is 30.9 Å². The number of halogens is 4. The number of alkyl halides is 3. The highest BCUT2D eigenvalue weighted by Crippen LogP contribution is 2.50. The van der Waals surface area contributed by atoms with Gasteiger partial charge in [0.25, 0.3) is 0 Å².